The van der Waals surface area contributed by atoms with Crippen LogP contribution in [0.3, 0.4) is 0 Å². The number of imidazole rings is 1. The maximum atomic E-state index is 14.4. The van der Waals surface area contributed by atoms with Crippen molar-refractivity contribution >= 4 is 46.3 Å². The molecule has 1 saturated heterocycles. The molecular weight excluding hydrogens is 777 g/mol. The van der Waals surface area contributed by atoms with E-state index in [-0.39, 0.29) is 62.8 Å². The highest BCUT2D eigenvalue weighted by Gasteiger charge is 2.33. The second kappa shape index (κ2) is 23.7. The molecule has 4 aromatic rings. The van der Waals surface area contributed by atoms with Gasteiger partial charge in [-0.2, -0.15) is 0 Å². The zero-order chi connectivity index (χ0) is 43.6. The van der Waals surface area contributed by atoms with Gasteiger partial charge in [-0.15, -0.1) is 0 Å². The van der Waals surface area contributed by atoms with E-state index in [2.05, 4.69) is 46.9 Å². The third kappa shape index (κ3) is 14.0. The molecule has 328 valence electrons. The van der Waals surface area contributed by atoms with E-state index in [9.17, 15) is 28.8 Å². The quantitative estimate of drug-likeness (QED) is 0.102. The van der Waals surface area contributed by atoms with E-state index in [1.807, 2.05) is 74.6 Å². The molecule has 0 saturated carbocycles. The Morgan fingerprint density at radius 3 is 2.07 bits per heavy atom. The largest absolute Gasteiger partial charge is 0.361 e. The molecule has 6 amide bonds. The van der Waals surface area contributed by atoms with Crippen molar-refractivity contribution in [2.75, 3.05) is 13.1 Å². The summed E-state index contributed by atoms with van der Waals surface area (Å²) in [6.45, 7) is 4.60. The van der Waals surface area contributed by atoms with Crippen molar-refractivity contribution in [1.82, 2.24) is 46.9 Å². The number of fused-ring (bicyclic) bond motifs is 1. The highest BCUT2D eigenvalue weighted by molar-refractivity contribution is 5.96. The summed E-state index contributed by atoms with van der Waals surface area (Å²) in [7, 11) is 0. The Kier molecular flexibility index (Phi) is 17.9. The Labute approximate surface area is 357 Å². The minimum Gasteiger partial charge on any atom is -0.361 e. The number of nitrogens with one attached hydrogen (secondary N) is 8. The lowest BCUT2D eigenvalue weighted by Crippen LogP contribution is -2.59. The van der Waals surface area contributed by atoms with Crippen molar-refractivity contribution in [3.63, 3.8) is 0 Å². The van der Waals surface area contributed by atoms with Gasteiger partial charge in [-0.05, 0) is 55.3 Å². The molecule has 3 heterocycles. The van der Waals surface area contributed by atoms with Crippen molar-refractivity contribution in [3.8, 4) is 0 Å². The van der Waals surface area contributed by atoms with E-state index in [0.29, 0.717) is 37.9 Å². The fourth-order valence-corrected chi connectivity index (χ4v) is 7.87. The van der Waals surface area contributed by atoms with Crippen LogP contribution in [0.15, 0.2) is 73.3 Å². The standard InChI is InChI=1S/C45H62N10O6/c1-3-30(4-2)36-25-41(57)52-39(24-32-27-47-28-50-32)45(61)54-37(22-29-14-7-5-8-15-29)44(60)53-35(18-13-20-46)43(59)55-38(23-31-26-49-34-17-11-10-16-33(31)34)42(58)48-21-12-6-9-19-40(56)51-36/h5,7-8,10-11,14-17,26-28,30,35-39,49H,3-4,6,9,12-13,18-25,46H2,1-2H3,(H,47,50)(H,48,58)(H,51,56)(H,52,57)(H,53,60)(H,54,61)(H,55,59)/t35-,36?,37+,38-,39-/m0/s1. The van der Waals surface area contributed by atoms with Crippen LogP contribution in [0.2, 0.25) is 0 Å². The number of para-hydroxylation sites is 1. The summed E-state index contributed by atoms with van der Waals surface area (Å²) in [6, 6.07) is 11.9. The molecule has 0 spiro atoms. The van der Waals surface area contributed by atoms with E-state index in [1.54, 1.807) is 6.20 Å². The summed E-state index contributed by atoms with van der Waals surface area (Å²) >= 11 is 0. The molecule has 0 aliphatic carbocycles. The van der Waals surface area contributed by atoms with Crippen molar-refractivity contribution < 1.29 is 28.8 Å². The lowest BCUT2D eigenvalue weighted by molar-refractivity contribution is -0.134. The zero-order valence-electron chi connectivity index (χ0n) is 35.3. The fraction of sp³-hybridized carbons (Fsp3) is 0.489. The van der Waals surface area contributed by atoms with Gasteiger partial charge < -0.3 is 47.6 Å². The van der Waals surface area contributed by atoms with Crippen molar-refractivity contribution in [1.29, 1.82) is 0 Å². The van der Waals surface area contributed by atoms with Crippen LogP contribution in [0.4, 0.5) is 0 Å². The number of H-pyrrole nitrogens is 2. The number of nitrogens with zero attached hydrogens (tertiary/aromatic N) is 1. The van der Waals surface area contributed by atoms with Gasteiger partial charge in [-0.3, -0.25) is 28.8 Å². The van der Waals surface area contributed by atoms with Gasteiger partial charge in [0.15, 0.2) is 0 Å². The third-order valence-corrected chi connectivity index (χ3v) is 11.4. The van der Waals surface area contributed by atoms with E-state index < -0.39 is 53.8 Å². The Bertz CT molecular complexity index is 2030. The maximum absolute atomic E-state index is 14.4. The summed E-state index contributed by atoms with van der Waals surface area (Å²) in [5.41, 5.74) is 8.93. The van der Waals surface area contributed by atoms with Gasteiger partial charge in [-0.25, -0.2) is 4.98 Å². The van der Waals surface area contributed by atoms with Crippen LogP contribution in [0.25, 0.3) is 10.9 Å². The number of nitrogens with two attached hydrogens (primary N) is 1. The molecule has 1 fully saturated rings. The molecule has 0 bridgehead atoms. The molecular formula is C45H62N10O6. The zero-order valence-corrected chi connectivity index (χ0v) is 35.3. The van der Waals surface area contributed by atoms with Crippen molar-refractivity contribution in [2.24, 2.45) is 11.7 Å². The Morgan fingerprint density at radius 1 is 0.689 bits per heavy atom. The highest BCUT2D eigenvalue weighted by Crippen LogP contribution is 2.20. The van der Waals surface area contributed by atoms with Crippen molar-refractivity contribution in [3.05, 3.63) is 90.1 Å². The first kappa shape index (κ1) is 46.0. The van der Waals surface area contributed by atoms with Gasteiger partial charge in [0.05, 0.1) is 6.33 Å². The molecule has 61 heavy (non-hydrogen) atoms. The number of aromatic amines is 2. The van der Waals surface area contributed by atoms with Crippen LogP contribution in [0.1, 0.15) is 88.5 Å². The first-order valence-electron chi connectivity index (χ1n) is 21.6. The summed E-state index contributed by atoms with van der Waals surface area (Å²) in [5, 5.41) is 18.5. The van der Waals surface area contributed by atoms with Crippen LogP contribution in [0, 0.1) is 5.92 Å². The van der Waals surface area contributed by atoms with Gasteiger partial charge in [0.1, 0.15) is 24.2 Å². The number of hydrogen-bond acceptors (Lipinski definition) is 8. The maximum Gasteiger partial charge on any atom is 0.243 e. The average Bonchev–Trinajstić information content (AvgIpc) is 3.93. The molecule has 5 rings (SSSR count). The number of benzene rings is 2. The van der Waals surface area contributed by atoms with Crippen LogP contribution >= 0.6 is 0 Å². The van der Waals surface area contributed by atoms with Gasteiger partial charge in [0, 0.05) is 73.7 Å². The van der Waals surface area contributed by atoms with Crippen LogP contribution in [-0.2, 0) is 48.0 Å². The summed E-state index contributed by atoms with van der Waals surface area (Å²) in [4.78, 5) is 94.0. The summed E-state index contributed by atoms with van der Waals surface area (Å²) in [6.07, 6.45) is 9.16. The normalized spacial score (nSPS) is 22.1. The number of carbonyl (C=O) groups is 6. The molecule has 16 heteroatoms. The van der Waals surface area contributed by atoms with Crippen molar-refractivity contribution in [2.45, 2.75) is 121 Å². The van der Waals surface area contributed by atoms with Gasteiger partial charge in [-0.1, -0.05) is 81.6 Å². The second-order valence-corrected chi connectivity index (χ2v) is 15.8. The number of rotatable bonds is 12. The summed E-state index contributed by atoms with van der Waals surface area (Å²) in [5.74, 6) is -2.82. The number of carbonyl (C=O) groups excluding carboxylic acids is 6. The molecule has 10 N–H and O–H groups in total. The lowest BCUT2D eigenvalue weighted by Gasteiger charge is -2.28. The molecule has 5 atom stereocenters. The van der Waals surface area contributed by atoms with Gasteiger partial charge in [0.25, 0.3) is 0 Å². The summed E-state index contributed by atoms with van der Waals surface area (Å²) < 4.78 is 0. The minimum atomic E-state index is -1.17. The third-order valence-electron chi connectivity index (χ3n) is 11.4. The molecule has 16 nitrogen and oxygen atoms in total. The molecule has 1 unspecified atom stereocenters. The monoisotopic (exact) mass is 838 g/mol. The molecule has 2 aromatic heterocycles. The first-order chi connectivity index (χ1) is 29.6. The van der Waals surface area contributed by atoms with E-state index >= 15 is 0 Å². The SMILES string of the molecule is CCC(CC)C1CC(=O)N[C@@H](Cc2cnc[nH]2)C(=O)N[C@H](Cc2ccccc2)C(=O)N[C@@H](CCCN)C(=O)N[C@@H](Cc2c[nH]c3ccccc23)C(=O)NCCCCCC(=O)N1. The lowest BCUT2D eigenvalue weighted by atomic mass is 9.91. The topological polar surface area (TPSA) is 245 Å². The smallest absolute Gasteiger partial charge is 0.243 e. The number of aromatic nitrogens is 3. The van der Waals surface area contributed by atoms with E-state index in [0.717, 1.165) is 34.9 Å². The molecule has 1 aliphatic rings. The highest BCUT2D eigenvalue weighted by atomic mass is 16.2. The fourth-order valence-electron chi connectivity index (χ4n) is 7.87. The van der Waals surface area contributed by atoms with Crippen LogP contribution < -0.4 is 37.6 Å². The van der Waals surface area contributed by atoms with Crippen LogP contribution in [-0.4, -0.2) is 93.7 Å². The number of hydrogen-bond donors (Lipinski definition) is 9. The number of amides is 6. The van der Waals surface area contributed by atoms with Crippen LogP contribution in [0.5, 0.6) is 0 Å². The second-order valence-electron chi connectivity index (χ2n) is 15.8. The Balaban J connectivity index is 1.47. The molecule has 0 radical (unpaired) electrons. The molecule has 2 aromatic carbocycles. The predicted molar refractivity (Wildman–Crippen MR) is 233 cm³/mol. The van der Waals surface area contributed by atoms with E-state index in [4.69, 9.17) is 5.73 Å². The average molecular weight is 839 g/mol. The van der Waals surface area contributed by atoms with Gasteiger partial charge in [0.2, 0.25) is 35.4 Å². The van der Waals surface area contributed by atoms with E-state index in [1.165, 1.54) is 6.33 Å². The van der Waals surface area contributed by atoms with Gasteiger partial charge >= 0.3 is 0 Å². The molecule has 1 aliphatic heterocycles. The predicted octanol–water partition coefficient (Wildman–Crippen LogP) is 2.60. The Hall–Kier alpha value is -6.03. The first-order valence-corrected chi connectivity index (χ1v) is 21.6. The Morgan fingerprint density at radius 2 is 1.36 bits per heavy atom. The minimum absolute atomic E-state index is 0.0129.